The van der Waals surface area contributed by atoms with Crippen molar-refractivity contribution in [3.05, 3.63) is 45.8 Å². The summed E-state index contributed by atoms with van der Waals surface area (Å²) in [5.74, 6) is -1.27. The number of esters is 1. The molecule has 0 aromatic heterocycles. The Morgan fingerprint density at radius 2 is 2.29 bits per heavy atom. The second kappa shape index (κ2) is 5.74. The van der Waals surface area contributed by atoms with Gasteiger partial charge in [-0.25, -0.2) is 9.18 Å². The van der Waals surface area contributed by atoms with Gasteiger partial charge in [0.2, 0.25) is 0 Å². The summed E-state index contributed by atoms with van der Waals surface area (Å²) >= 11 is 0. The van der Waals surface area contributed by atoms with E-state index in [1.807, 2.05) is 0 Å². The molecule has 0 saturated carbocycles. The molecular formula is C11H10FNO4. The van der Waals surface area contributed by atoms with Crippen molar-refractivity contribution in [3.63, 3.8) is 0 Å². The summed E-state index contributed by atoms with van der Waals surface area (Å²) in [5.41, 5.74) is -0.276. The maximum atomic E-state index is 13.2. The number of benzene rings is 1. The Labute approximate surface area is 96.7 Å². The zero-order valence-electron chi connectivity index (χ0n) is 9.05. The zero-order valence-corrected chi connectivity index (χ0v) is 9.05. The third-order valence-corrected chi connectivity index (χ3v) is 1.88. The summed E-state index contributed by atoms with van der Waals surface area (Å²) in [7, 11) is 0. The van der Waals surface area contributed by atoms with Crippen LogP contribution in [0.15, 0.2) is 24.3 Å². The first-order valence-electron chi connectivity index (χ1n) is 4.83. The Balaban J connectivity index is 2.93. The number of carbonyl (C=O) groups is 1. The number of nitro groups is 1. The van der Waals surface area contributed by atoms with E-state index in [1.54, 1.807) is 6.92 Å². The lowest BCUT2D eigenvalue weighted by Crippen LogP contribution is -1.99. The molecule has 0 N–H and O–H groups in total. The number of hydrogen-bond acceptors (Lipinski definition) is 4. The summed E-state index contributed by atoms with van der Waals surface area (Å²) in [6, 6.07) is 3.07. The highest BCUT2D eigenvalue weighted by Crippen LogP contribution is 2.17. The molecule has 0 radical (unpaired) electrons. The molecular weight excluding hydrogens is 229 g/mol. The number of nitrogens with zero attached hydrogens (tertiary/aromatic N) is 1. The molecule has 1 aromatic rings. The van der Waals surface area contributed by atoms with Crippen LogP contribution in [0.25, 0.3) is 6.08 Å². The van der Waals surface area contributed by atoms with Gasteiger partial charge in [0.1, 0.15) is 5.82 Å². The Kier molecular flexibility index (Phi) is 4.33. The van der Waals surface area contributed by atoms with Crippen molar-refractivity contribution in [3.8, 4) is 0 Å². The van der Waals surface area contributed by atoms with Crippen LogP contribution in [0.5, 0.6) is 0 Å². The van der Waals surface area contributed by atoms with Crippen LogP contribution in [-0.2, 0) is 9.53 Å². The third kappa shape index (κ3) is 3.67. The minimum atomic E-state index is -0.642. The highest BCUT2D eigenvalue weighted by atomic mass is 19.1. The van der Waals surface area contributed by atoms with Crippen LogP contribution in [0.2, 0.25) is 0 Å². The van der Waals surface area contributed by atoms with E-state index in [1.165, 1.54) is 0 Å². The van der Waals surface area contributed by atoms with Crippen molar-refractivity contribution in [2.24, 2.45) is 0 Å². The van der Waals surface area contributed by atoms with Crippen molar-refractivity contribution in [1.82, 2.24) is 0 Å². The Bertz CT molecular complexity index is 471. The molecule has 90 valence electrons. The van der Waals surface area contributed by atoms with E-state index in [4.69, 9.17) is 0 Å². The van der Waals surface area contributed by atoms with E-state index in [9.17, 15) is 19.3 Å². The molecule has 0 aliphatic rings. The zero-order chi connectivity index (χ0) is 12.8. The van der Waals surface area contributed by atoms with Gasteiger partial charge in [-0.1, -0.05) is 0 Å². The topological polar surface area (TPSA) is 69.4 Å². The van der Waals surface area contributed by atoms with Crippen LogP contribution < -0.4 is 0 Å². The Hall–Kier alpha value is -2.24. The van der Waals surface area contributed by atoms with Gasteiger partial charge in [-0.15, -0.1) is 0 Å². The number of rotatable bonds is 4. The van der Waals surface area contributed by atoms with Crippen LogP contribution >= 0.6 is 0 Å². The number of halogens is 1. The summed E-state index contributed by atoms with van der Waals surface area (Å²) in [4.78, 5) is 20.8. The van der Waals surface area contributed by atoms with Crippen LogP contribution in [-0.4, -0.2) is 17.5 Å². The van der Waals surface area contributed by atoms with Gasteiger partial charge < -0.3 is 4.74 Å². The van der Waals surface area contributed by atoms with Crippen LogP contribution in [0.3, 0.4) is 0 Å². The highest BCUT2D eigenvalue weighted by Gasteiger charge is 2.09. The predicted molar refractivity (Wildman–Crippen MR) is 58.7 cm³/mol. The van der Waals surface area contributed by atoms with Crippen LogP contribution in [0.1, 0.15) is 12.5 Å². The van der Waals surface area contributed by atoms with Gasteiger partial charge in [-0.3, -0.25) is 10.1 Å². The van der Waals surface area contributed by atoms with Gasteiger partial charge >= 0.3 is 5.97 Å². The Morgan fingerprint density at radius 1 is 1.59 bits per heavy atom. The molecule has 0 bridgehead atoms. The molecule has 0 aliphatic carbocycles. The lowest BCUT2D eigenvalue weighted by atomic mass is 10.2. The molecule has 0 heterocycles. The van der Waals surface area contributed by atoms with Crippen LogP contribution in [0, 0.1) is 15.9 Å². The quantitative estimate of drug-likeness (QED) is 0.350. The average molecular weight is 239 g/mol. The smallest absolute Gasteiger partial charge is 0.330 e. The largest absolute Gasteiger partial charge is 0.463 e. The maximum absolute atomic E-state index is 13.2. The standard InChI is InChI=1S/C11H10FNO4/c1-2-17-11(14)6-3-8-7-9(13(15)16)4-5-10(8)12/h3-7H,2H2,1H3. The fraction of sp³-hybridized carbons (Fsp3) is 0.182. The highest BCUT2D eigenvalue weighted by molar-refractivity contribution is 5.87. The van der Waals surface area contributed by atoms with Crippen molar-refractivity contribution >= 4 is 17.7 Å². The summed E-state index contributed by atoms with van der Waals surface area (Å²) in [5, 5.41) is 10.5. The molecule has 17 heavy (non-hydrogen) atoms. The number of nitro benzene ring substituents is 1. The maximum Gasteiger partial charge on any atom is 0.330 e. The van der Waals surface area contributed by atoms with Crippen LogP contribution in [0.4, 0.5) is 10.1 Å². The van der Waals surface area contributed by atoms with E-state index in [0.717, 1.165) is 30.4 Å². The monoisotopic (exact) mass is 239 g/mol. The molecule has 0 unspecified atom stereocenters. The SMILES string of the molecule is CCOC(=O)C=Cc1cc([N+](=O)[O-])ccc1F. The fourth-order valence-electron chi connectivity index (χ4n) is 1.12. The van der Waals surface area contributed by atoms with Crippen molar-refractivity contribution < 1.29 is 18.8 Å². The van der Waals surface area contributed by atoms with E-state index in [-0.39, 0.29) is 17.9 Å². The van der Waals surface area contributed by atoms with E-state index in [2.05, 4.69) is 4.74 Å². The van der Waals surface area contributed by atoms with Gasteiger partial charge in [-0.05, 0) is 19.1 Å². The average Bonchev–Trinajstić information content (AvgIpc) is 2.28. The first-order valence-corrected chi connectivity index (χ1v) is 4.83. The molecule has 0 saturated heterocycles. The van der Waals surface area contributed by atoms with E-state index in [0.29, 0.717) is 0 Å². The van der Waals surface area contributed by atoms with Crippen molar-refractivity contribution in [1.29, 1.82) is 0 Å². The minimum Gasteiger partial charge on any atom is -0.463 e. The molecule has 0 amide bonds. The molecule has 0 atom stereocenters. The lowest BCUT2D eigenvalue weighted by molar-refractivity contribution is -0.384. The number of non-ortho nitro benzene ring substituents is 1. The van der Waals surface area contributed by atoms with Crippen molar-refractivity contribution in [2.75, 3.05) is 6.61 Å². The van der Waals surface area contributed by atoms with Gasteiger partial charge in [0.25, 0.3) is 5.69 Å². The predicted octanol–water partition coefficient (Wildman–Crippen LogP) is 2.31. The molecule has 1 aromatic carbocycles. The van der Waals surface area contributed by atoms with Gasteiger partial charge in [0.05, 0.1) is 11.5 Å². The first-order chi connectivity index (χ1) is 8.04. The molecule has 6 heteroatoms. The first kappa shape index (κ1) is 12.8. The molecule has 0 fully saturated rings. The molecule has 0 aliphatic heterocycles. The molecule has 0 spiro atoms. The minimum absolute atomic E-state index is 0.0350. The normalized spacial score (nSPS) is 10.5. The van der Waals surface area contributed by atoms with Gasteiger partial charge in [0, 0.05) is 23.8 Å². The van der Waals surface area contributed by atoms with E-state index >= 15 is 0 Å². The number of ether oxygens (including phenoxy) is 1. The molecule has 5 nitrogen and oxygen atoms in total. The Morgan fingerprint density at radius 3 is 2.88 bits per heavy atom. The lowest BCUT2D eigenvalue weighted by Gasteiger charge is -1.98. The summed E-state index contributed by atoms with van der Waals surface area (Å²) < 4.78 is 17.8. The second-order valence-electron chi connectivity index (χ2n) is 3.05. The van der Waals surface area contributed by atoms with E-state index < -0.39 is 16.7 Å². The van der Waals surface area contributed by atoms with Crippen molar-refractivity contribution in [2.45, 2.75) is 6.92 Å². The second-order valence-corrected chi connectivity index (χ2v) is 3.05. The summed E-state index contributed by atoms with van der Waals surface area (Å²) in [6.45, 7) is 1.85. The number of hydrogen-bond donors (Lipinski definition) is 0. The van der Waals surface area contributed by atoms with Gasteiger partial charge in [0.15, 0.2) is 0 Å². The number of carbonyl (C=O) groups excluding carboxylic acids is 1. The molecule has 1 rings (SSSR count). The third-order valence-electron chi connectivity index (χ3n) is 1.88. The van der Waals surface area contributed by atoms with Gasteiger partial charge in [-0.2, -0.15) is 0 Å². The summed E-state index contributed by atoms with van der Waals surface area (Å²) in [6.07, 6.45) is 2.16. The fourth-order valence-corrected chi connectivity index (χ4v) is 1.12.